The SMILES string of the molecule is COc1cc(COC(=O)COc2ccc3c(C)cc(=O)oc3c2)ccc1OC(F)F. The summed E-state index contributed by atoms with van der Waals surface area (Å²) >= 11 is 0. The molecular formula is C21H18F2O7. The van der Waals surface area contributed by atoms with Crippen molar-refractivity contribution in [1.29, 1.82) is 0 Å². The van der Waals surface area contributed by atoms with Crippen LogP contribution in [0.3, 0.4) is 0 Å². The summed E-state index contributed by atoms with van der Waals surface area (Å²) < 4.78 is 49.7. The maximum Gasteiger partial charge on any atom is 0.387 e. The number of aryl methyl sites for hydroxylation is 1. The van der Waals surface area contributed by atoms with Gasteiger partial charge < -0.3 is 23.4 Å². The number of hydrogen-bond donors (Lipinski definition) is 0. The summed E-state index contributed by atoms with van der Waals surface area (Å²) in [7, 11) is 1.31. The number of carbonyl (C=O) groups is 1. The molecule has 7 nitrogen and oxygen atoms in total. The van der Waals surface area contributed by atoms with Crippen molar-refractivity contribution in [2.45, 2.75) is 20.1 Å². The van der Waals surface area contributed by atoms with Crippen LogP contribution in [0.5, 0.6) is 17.2 Å². The van der Waals surface area contributed by atoms with Gasteiger partial charge in [0, 0.05) is 17.5 Å². The maximum absolute atomic E-state index is 12.4. The van der Waals surface area contributed by atoms with Crippen molar-refractivity contribution < 1.29 is 36.9 Å². The quantitative estimate of drug-likeness (QED) is 0.404. The number of ether oxygens (including phenoxy) is 4. The summed E-state index contributed by atoms with van der Waals surface area (Å²) in [4.78, 5) is 23.4. The largest absolute Gasteiger partial charge is 0.493 e. The lowest BCUT2D eigenvalue weighted by Crippen LogP contribution is -2.15. The first kappa shape index (κ1) is 21.1. The number of carbonyl (C=O) groups excluding carboxylic acids is 1. The molecule has 0 saturated heterocycles. The van der Waals surface area contributed by atoms with E-state index in [9.17, 15) is 18.4 Å². The second-order valence-corrected chi connectivity index (χ2v) is 6.22. The minimum Gasteiger partial charge on any atom is -0.493 e. The first-order valence-corrected chi connectivity index (χ1v) is 8.80. The van der Waals surface area contributed by atoms with Crippen molar-refractivity contribution in [3.8, 4) is 17.2 Å². The van der Waals surface area contributed by atoms with Crippen molar-refractivity contribution in [3.63, 3.8) is 0 Å². The predicted molar refractivity (Wildman–Crippen MR) is 102 cm³/mol. The van der Waals surface area contributed by atoms with E-state index < -0.39 is 18.2 Å². The van der Waals surface area contributed by atoms with E-state index in [1.165, 1.54) is 37.4 Å². The summed E-state index contributed by atoms with van der Waals surface area (Å²) in [6.07, 6.45) is 0. The van der Waals surface area contributed by atoms with E-state index in [4.69, 9.17) is 18.6 Å². The first-order valence-electron chi connectivity index (χ1n) is 8.80. The molecule has 3 aromatic rings. The molecule has 0 unspecified atom stereocenters. The van der Waals surface area contributed by atoms with Crippen molar-refractivity contribution in [2.75, 3.05) is 13.7 Å². The van der Waals surface area contributed by atoms with Crippen molar-refractivity contribution in [1.82, 2.24) is 0 Å². The first-order chi connectivity index (χ1) is 14.4. The van der Waals surface area contributed by atoms with E-state index in [0.717, 1.165) is 10.9 Å². The number of alkyl halides is 2. The number of rotatable bonds is 8. The van der Waals surface area contributed by atoms with Crippen LogP contribution in [-0.4, -0.2) is 26.3 Å². The Balaban J connectivity index is 1.57. The number of hydrogen-bond acceptors (Lipinski definition) is 7. The van der Waals surface area contributed by atoms with Crippen LogP contribution in [-0.2, 0) is 16.1 Å². The van der Waals surface area contributed by atoms with Gasteiger partial charge >= 0.3 is 18.2 Å². The summed E-state index contributed by atoms with van der Waals surface area (Å²) in [5.74, 6) is -0.340. The lowest BCUT2D eigenvalue weighted by atomic mass is 10.1. The number of halogens is 2. The molecule has 0 aliphatic rings. The molecule has 0 N–H and O–H groups in total. The Labute approximate surface area is 169 Å². The Kier molecular flexibility index (Phi) is 6.51. The van der Waals surface area contributed by atoms with Gasteiger partial charge in [0.05, 0.1) is 7.11 Å². The smallest absolute Gasteiger partial charge is 0.387 e. The molecule has 30 heavy (non-hydrogen) atoms. The van der Waals surface area contributed by atoms with E-state index in [0.29, 0.717) is 16.9 Å². The summed E-state index contributed by atoms with van der Waals surface area (Å²) in [6.45, 7) is -1.67. The van der Waals surface area contributed by atoms with Gasteiger partial charge in [-0.15, -0.1) is 0 Å². The topological polar surface area (TPSA) is 84.2 Å². The summed E-state index contributed by atoms with van der Waals surface area (Å²) in [6, 6.07) is 10.5. The van der Waals surface area contributed by atoms with E-state index in [-0.39, 0.29) is 24.7 Å². The van der Waals surface area contributed by atoms with Crippen LogP contribution in [0.4, 0.5) is 8.78 Å². The molecular weight excluding hydrogens is 402 g/mol. The molecule has 158 valence electrons. The zero-order valence-electron chi connectivity index (χ0n) is 16.1. The predicted octanol–water partition coefficient (Wildman–Crippen LogP) is 3.83. The normalized spacial score (nSPS) is 10.8. The van der Waals surface area contributed by atoms with Gasteiger partial charge in [-0.3, -0.25) is 0 Å². The fraction of sp³-hybridized carbons (Fsp3) is 0.238. The zero-order valence-corrected chi connectivity index (χ0v) is 16.1. The van der Waals surface area contributed by atoms with Crippen LogP contribution in [0, 0.1) is 6.92 Å². The molecule has 0 radical (unpaired) electrons. The Morgan fingerprint density at radius 1 is 1.10 bits per heavy atom. The standard InChI is InChI=1S/C21H18F2O7/c1-12-7-19(24)29-17-9-14(4-5-15(12)17)27-11-20(25)28-10-13-3-6-16(30-21(22)23)18(8-13)26-2/h3-9,21H,10-11H2,1-2H3. The molecule has 0 fully saturated rings. The summed E-state index contributed by atoms with van der Waals surface area (Å²) in [5.41, 5.74) is 1.17. The maximum atomic E-state index is 12.4. The van der Waals surface area contributed by atoms with Gasteiger partial charge in [0.2, 0.25) is 0 Å². The van der Waals surface area contributed by atoms with Gasteiger partial charge in [-0.2, -0.15) is 8.78 Å². The number of benzene rings is 2. The van der Waals surface area contributed by atoms with Crippen molar-refractivity contribution in [3.05, 3.63) is 64.0 Å². The highest BCUT2D eigenvalue weighted by molar-refractivity contribution is 5.81. The summed E-state index contributed by atoms with van der Waals surface area (Å²) in [5, 5.41) is 0.762. The highest BCUT2D eigenvalue weighted by Crippen LogP contribution is 2.29. The molecule has 0 saturated carbocycles. The Bertz CT molecular complexity index is 1110. The number of methoxy groups -OCH3 is 1. The van der Waals surface area contributed by atoms with Crippen LogP contribution in [0.2, 0.25) is 0 Å². The highest BCUT2D eigenvalue weighted by Gasteiger charge is 2.12. The van der Waals surface area contributed by atoms with Crippen molar-refractivity contribution in [2.24, 2.45) is 0 Å². The van der Waals surface area contributed by atoms with Gasteiger partial charge in [0.25, 0.3) is 0 Å². The molecule has 1 aromatic heterocycles. The molecule has 0 aliphatic carbocycles. The van der Waals surface area contributed by atoms with E-state index in [1.807, 2.05) is 0 Å². The third kappa shape index (κ3) is 5.25. The monoisotopic (exact) mass is 420 g/mol. The Morgan fingerprint density at radius 2 is 1.90 bits per heavy atom. The van der Waals surface area contributed by atoms with E-state index in [2.05, 4.69) is 4.74 Å². The second-order valence-electron chi connectivity index (χ2n) is 6.22. The molecule has 0 bridgehead atoms. The van der Waals surface area contributed by atoms with Crippen LogP contribution in [0.1, 0.15) is 11.1 Å². The molecule has 2 aromatic carbocycles. The third-order valence-corrected chi connectivity index (χ3v) is 4.12. The van der Waals surface area contributed by atoms with E-state index in [1.54, 1.807) is 19.1 Å². The average Bonchev–Trinajstić information content (AvgIpc) is 2.70. The van der Waals surface area contributed by atoms with Crippen LogP contribution in [0.25, 0.3) is 11.0 Å². The molecule has 1 heterocycles. The Hall–Kier alpha value is -3.62. The van der Waals surface area contributed by atoms with Gasteiger partial charge in [0.15, 0.2) is 18.1 Å². The lowest BCUT2D eigenvalue weighted by molar-refractivity contribution is -0.147. The van der Waals surface area contributed by atoms with Crippen LogP contribution >= 0.6 is 0 Å². The second kappa shape index (κ2) is 9.25. The highest BCUT2D eigenvalue weighted by atomic mass is 19.3. The Morgan fingerprint density at radius 3 is 2.63 bits per heavy atom. The molecule has 0 spiro atoms. The van der Waals surface area contributed by atoms with Gasteiger partial charge in [-0.05, 0) is 42.3 Å². The fourth-order valence-corrected chi connectivity index (χ4v) is 2.74. The van der Waals surface area contributed by atoms with Crippen LogP contribution in [0.15, 0.2) is 51.7 Å². The molecule has 3 rings (SSSR count). The lowest BCUT2D eigenvalue weighted by Gasteiger charge is -2.12. The van der Waals surface area contributed by atoms with Gasteiger partial charge in [-0.25, -0.2) is 9.59 Å². The number of esters is 1. The minimum atomic E-state index is -2.98. The van der Waals surface area contributed by atoms with Crippen molar-refractivity contribution >= 4 is 16.9 Å². The number of fused-ring (bicyclic) bond motifs is 1. The minimum absolute atomic E-state index is 0.0908. The zero-order chi connectivity index (χ0) is 21.7. The molecule has 0 amide bonds. The fourth-order valence-electron chi connectivity index (χ4n) is 2.74. The van der Waals surface area contributed by atoms with Gasteiger partial charge in [0.1, 0.15) is 17.9 Å². The molecule has 9 heteroatoms. The van der Waals surface area contributed by atoms with Gasteiger partial charge in [-0.1, -0.05) is 6.07 Å². The molecule has 0 aliphatic heterocycles. The third-order valence-electron chi connectivity index (χ3n) is 4.12. The molecule has 0 atom stereocenters. The van der Waals surface area contributed by atoms with Crippen LogP contribution < -0.4 is 19.8 Å². The average molecular weight is 420 g/mol. The van der Waals surface area contributed by atoms with E-state index >= 15 is 0 Å².